The minimum atomic E-state index is -3.67. The van der Waals surface area contributed by atoms with E-state index in [0.717, 1.165) is 66.3 Å². The summed E-state index contributed by atoms with van der Waals surface area (Å²) in [6, 6.07) is 50.4. The summed E-state index contributed by atoms with van der Waals surface area (Å²) in [5, 5.41) is 5.54. The summed E-state index contributed by atoms with van der Waals surface area (Å²) in [5.41, 5.74) is 25.2. The number of benzene rings is 5. The second-order valence-corrected chi connectivity index (χ2v) is 29.5. The molecule has 11 heterocycles. The molecule has 4 aliphatic rings. The smallest absolute Gasteiger partial charge is 0.289 e. The summed E-state index contributed by atoms with van der Waals surface area (Å²) in [6.45, 7) is 9.02. The molecule has 0 aliphatic carbocycles. The lowest BCUT2D eigenvalue weighted by Gasteiger charge is -2.37. The van der Waals surface area contributed by atoms with Gasteiger partial charge in [0.2, 0.25) is 10.0 Å². The molecule has 12 aromatic rings. The number of fused-ring (bicyclic) bond motifs is 4. The van der Waals surface area contributed by atoms with Gasteiger partial charge in [-0.1, -0.05) is 97.1 Å². The van der Waals surface area contributed by atoms with Crippen LogP contribution in [-0.4, -0.2) is 181 Å². The Labute approximate surface area is 630 Å². The number of nitrogen functional groups attached to an aromatic ring is 3. The number of nitrogens with one attached hydrogen (secondary N) is 1. The van der Waals surface area contributed by atoms with E-state index >= 15 is 0 Å². The van der Waals surface area contributed by atoms with Crippen LogP contribution in [-0.2, 0) is 38.2 Å². The molecule has 28 nitrogen and oxygen atoms in total. The molecule has 4 saturated heterocycles. The predicted octanol–water partition coefficient (Wildman–Crippen LogP) is 7.37. The second-order valence-electron chi connectivity index (χ2n) is 26.8. The van der Waals surface area contributed by atoms with E-state index in [1.165, 1.54) is 28.4 Å². The van der Waals surface area contributed by atoms with Crippen molar-refractivity contribution in [2.75, 3.05) is 152 Å². The molecule has 0 unspecified atom stereocenters. The molecule has 5 aromatic carbocycles. The summed E-state index contributed by atoms with van der Waals surface area (Å²) in [7, 11) is 3.15. The van der Waals surface area contributed by atoms with Crippen molar-refractivity contribution in [3.8, 4) is 0 Å². The molecular formula is C79H84N16O12S2. The van der Waals surface area contributed by atoms with Crippen molar-refractivity contribution in [2.45, 2.75) is 0 Å². The van der Waals surface area contributed by atoms with Crippen molar-refractivity contribution in [3.63, 3.8) is 0 Å². The molecule has 30 heteroatoms. The quantitative estimate of drug-likeness (QED) is 0.104. The Kier molecular flexibility index (Phi) is 21.8. The van der Waals surface area contributed by atoms with E-state index in [2.05, 4.69) is 19.4 Å². The normalized spacial score (nSPS) is 14.8. The highest BCUT2D eigenvalue weighted by Crippen LogP contribution is 2.37. The van der Waals surface area contributed by atoms with Gasteiger partial charge < -0.3 is 83.5 Å². The number of carbonyl (C=O) groups excluding carboxylic acids is 4. The van der Waals surface area contributed by atoms with Crippen LogP contribution in [0.25, 0.3) is 43.6 Å². The van der Waals surface area contributed by atoms with E-state index < -0.39 is 15.6 Å². The van der Waals surface area contributed by atoms with Crippen LogP contribution in [0, 0.1) is 0 Å². The zero-order valence-corrected chi connectivity index (χ0v) is 62.6. The lowest BCUT2D eigenvalue weighted by molar-refractivity contribution is 0.0708. The molecule has 4 aliphatic heterocycles. The number of para-hydroxylation sites is 4. The molecule has 564 valence electrons. The highest BCUT2D eigenvalue weighted by Gasteiger charge is 2.32. The van der Waals surface area contributed by atoms with Gasteiger partial charge in [0.1, 0.15) is 22.7 Å². The van der Waals surface area contributed by atoms with E-state index in [9.17, 15) is 46.8 Å². The van der Waals surface area contributed by atoms with Crippen LogP contribution in [0.4, 0.5) is 45.5 Å². The van der Waals surface area contributed by atoms with Gasteiger partial charge in [-0.05, 0) is 72.1 Å². The number of hydrogen-bond donors (Lipinski definition) is 4. The number of furan rings is 2. The van der Waals surface area contributed by atoms with Crippen LogP contribution in [0.5, 0.6) is 0 Å². The predicted molar refractivity (Wildman–Crippen MR) is 429 cm³/mol. The van der Waals surface area contributed by atoms with Crippen molar-refractivity contribution in [1.29, 1.82) is 0 Å². The van der Waals surface area contributed by atoms with Gasteiger partial charge in [-0.3, -0.25) is 43.1 Å². The molecule has 0 radical (unpaired) electrons. The van der Waals surface area contributed by atoms with E-state index in [-0.39, 0.29) is 68.8 Å². The average molecular weight is 1510 g/mol. The third kappa shape index (κ3) is 15.3. The van der Waals surface area contributed by atoms with Crippen LogP contribution in [0.1, 0.15) is 41.1 Å². The van der Waals surface area contributed by atoms with Crippen molar-refractivity contribution in [1.82, 2.24) is 37.9 Å². The van der Waals surface area contributed by atoms with E-state index in [1.54, 1.807) is 76.0 Å². The van der Waals surface area contributed by atoms with Crippen LogP contribution in [0.15, 0.2) is 210 Å². The number of anilines is 8. The maximum Gasteiger partial charge on any atom is 0.289 e. The fourth-order valence-corrected chi connectivity index (χ4v) is 15.8. The number of carbonyl (C=O) groups is 4. The third-order valence-electron chi connectivity index (χ3n) is 20.2. The number of nitrogens with zero attached hydrogens (tertiary/aromatic N) is 12. The van der Waals surface area contributed by atoms with Crippen LogP contribution >= 0.6 is 11.3 Å². The molecule has 4 amide bonds. The number of sulfonamides is 1. The molecule has 0 spiro atoms. The molecule has 4 fully saturated rings. The minimum absolute atomic E-state index is 0.0181. The first kappa shape index (κ1) is 74.7. The van der Waals surface area contributed by atoms with Gasteiger partial charge in [-0.15, -0.1) is 11.3 Å². The van der Waals surface area contributed by atoms with Crippen molar-refractivity contribution >= 4 is 134 Å². The number of hydrogen-bond acceptors (Lipinski definition) is 20. The first-order valence-corrected chi connectivity index (χ1v) is 38.3. The van der Waals surface area contributed by atoms with Gasteiger partial charge in [0.25, 0.3) is 45.9 Å². The fourth-order valence-electron chi connectivity index (χ4n) is 14.6. The average Bonchev–Trinajstić information content (AvgIpc) is 0.908. The molecular weight excluding hydrogens is 1430 g/mol. The zero-order chi connectivity index (χ0) is 76.9. The van der Waals surface area contributed by atoms with Gasteiger partial charge in [-0.2, -0.15) is 0 Å². The number of pyridine rings is 4. The van der Waals surface area contributed by atoms with Gasteiger partial charge >= 0.3 is 0 Å². The molecule has 0 saturated carbocycles. The Balaban J connectivity index is 0.000000128. The van der Waals surface area contributed by atoms with Crippen molar-refractivity contribution in [3.05, 3.63) is 245 Å². The number of amides is 4. The number of aryl methyl sites for hydroxylation is 4. The summed E-state index contributed by atoms with van der Waals surface area (Å²) in [5.74, 6) is 0.428. The molecule has 16 rings (SSSR count). The SMILES string of the molecule is Cn1c(=O)c(N)c(N2CCN(C(=O)c3ccccc3)CC2)c2ccccc21.Cn1c(=O)c(N)c(N2CCN(C(=O)c3ccco3)CC2)c2ccccc21.Cn1c(=O)c(N)c(N2CCN(C(=O)c3cccs3)CC2)c2ccccc21.Cn1c(=O)c(NS(C)(=O)=O)c(N2CCN(C(=O)c3ccco3)CC2)c2ccccc21. The number of rotatable bonds is 10. The Bertz CT molecular complexity index is 5590. The summed E-state index contributed by atoms with van der Waals surface area (Å²) < 4.78 is 42.9. The topological polar surface area (TPSA) is 333 Å². The monoisotopic (exact) mass is 1510 g/mol. The van der Waals surface area contributed by atoms with Crippen LogP contribution in [0.3, 0.4) is 0 Å². The number of thiophene rings is 1. The fraction of sp³-hybridized carbons (Fsp3) is 0.266. The van der Waals surface area contributed by atoms with Crippen molar-refractivity contribution < 1.29 is 36.4 Å². The Hall–Kier alpha value is -12.6. The highest BCUT2D eigenvalue weighted by atomic mass is 32.2. The van der Waals surface area contributed by atoms with Crippen LogP contribution in [0.2, 0.25) is 0 Å². The third-order valence-corrected chi connectivity index (χ3v) is 21.7. The summed E-state index contributed by atoms with van der Waals surface area (Å²) in [4.78, 5) is 117. The van der Waals surface area contributed by atoms with Crippen molar-refractivity contribution in [2.24, 2.45) is 28.2 Å². The molecule has 7 N–H and O–H groups in total. The number of nitrogens with two attached hydrogens (primary N) is 3. The summed E-state index contributed by atoms with van der Waals surface area (Å²) in [6.07, 6.45) is 3.97. The van der Waals surface area contributed by atoms with E-state index in [0.29, 0.717) is 127 Å². The lowest BCUT2D eigenvalue weighted by Crippen LogP contribution is -2.49. The van der Waals surface area contributed by atoms with Gasteiger partial charge in [0.05, 0.1) is 68.5 Å². The Morgan fingerprint density at radius 2 is 0.679 bits per heavy atom. The highest BCUT2D eigenvalue weighted by molar-refractivity contribution is 7.92. The van der Waals surface area contributed by atoms with Gasteiger partial charge in [0, 0.05) is 160 Å². The number of aromatic nitrogens is 4. The van der Waals surface area contributed by atoms with Crippen LogP contribution < -0.4 is 63.8 Å². The standard InChI is InChI=1S/C21H22N4O2.C20H22N4O5S.C19H20N4O3.C19H20N4O2S/c1-23-17-10-6-5-9-16(17)19(18(22)21(23)27)24-11-13-25(14-12-24)20(26)15-7-3-2-4-8-15;1-22-15-7-4-3-6-14(15)18(17(20(22)26)21-30(2,27)28)23-9-11-24(12-10-23)19(25)16-8-5-13-29-16;2*1-21-14-6-3-2-5-13(14)17(16(20)19(21)25)22-8-10-23(11-9-22)18(24)15-7-4-12-26-15/h2-10H,11-14,22H2,1H3;3-8,13,21H,9-12H2,1-2H3;2*2-7,12H,8-11,20H2,1H3. The zero-order valence-electron chi connectivity index (χ0n) is 60.9. The maximum absolute atomic E-state index is 13.0. The molecule has 7 aromatic heterocycles. The Morgan fingerprint density at radius 3 is 1.01 bits per heavy atom. The first-order chi connectivity index (χ1) is 52.5. The summed E-state index contributed by atoms with van der Waals surface area (Å²) >= 11 is 1.46. The molecule has 0 atom stereocenters. The molecule has 0 bridgehead atoms. The van der Waals surface area contributed by atoms with Gasteiger partial charge in [-0.25, -0.2) is 8.42 Å². The Morgan fingerprint density at radius 1 is 0.367 bits per heavy atom. The van der Waals surface area contributed by atoms with Gasteiger partial charge in [0.15, 0.2) is 11.5 Å². The van der Waals surface area contributed by atoms with E-state index in [1.807, 2.05) is 160 Å². The van der Waals surface area contributed by atoms with E-state index in [4.69, 9.17) is 26.0 Å². The second kappa shape index (κ2) is 31.9. The lowest BCUT2D eigenvalue weighted by atomic mass is 10.1. The largest absolute Gasteiger partial charge is 0.459 e. The number of piperazine rings is 4. The maximum atomic E-state index is 13.0. The molecule has 109 heavy (non-hydrogen) atoms. The minimum Gasteiger partial charge on any atom is -0.459 e. The first-order valence-electron chi connectivity index (χ1n) is 35.5.